The van der Waals surface area contributed by atoms with Crippen LogP contribution in [-0.4, -0.2) is 18.8 Å². The third kappa shape index (κ3) is 2.90. The number of rotatable bonds is 4. The zero-order valence-electron chi connectivity index (χ0n) is 12.0. The highest BCUT2D eigenvalue weighted by atomic mass is 32.1. The maximum absolute atomic E-state index is 12.4. The van der Waals surface area contributed by atoms with Crippen molar-refractivity contribution in [2.24, 2.45) is 0 Å². The summed E-state index contributed by atoms with van der Waals surface area (Å²) in [5, 5.41) is 3.10. The largest absolute Gasteiger partial charge is 0.495 e. The molecule has 0 spiro atoms. The third-order valence-electron chi connectivity index (χ3n) is 3.08. The molecule has 0 atom stereocenters. The van der Waals surface area contributed by atoms with Crippen LogP contribution in [0.1, 0.15) is 32.5 Å². The van der Waals surface area contributed by atoms with E-state index in [-0.39, 0.29) is 11.7 Å². The highest BCUT2D eigenvalue weighted by Gasteiger charge is 2.22. The van der Waals surface area contributed by atoms with Gasteiger partial charge in [0, 0.05) is 0 Å². The van der Waals surface area contributed by atoms with Gasteiger partial charge in [0.15, 0.2) is 5.78 Å². The van der Waals surface area contributed by atoms with Gasteiger partial charge in [0.25, 0.3) is 5.91 Å². The summed E-state index contributed by atoms with van der Waals surface area (Å²) < 4.78 is 5.19. The van der Waals surface area contributed by atoms with Crippen LogP contribution >= 0.6 is 11.3 Å². The Hall–Kier alpha value is -2.34. The molecule has 110 valence electrons. The number of amides is 1. The Morgan fingerprint density at radius 2 is 1.95 bits per heavy atom. The number of para-hydroxylation sites is 2. The molecule has 1 heterocycles. The van der Waals surface area contributed by atoms with Crippen molar-refractivity contribution in [2.75, 3.05) is 18.2 Å². The van der Waals surface area contributed by atoms with E-state index in [2.05, 4.69) is 5.32 Å². The van der Waals surface area contributed by atoms with E-state index in [9.17, 15) is 9.59 Å². The van der Waals surface area contributed by atoms with E-state index < -0.39 is 0 Å². The minimum Gasteiger partial charge on any atom is -0.495 e. The van der Waals surface area contributed by atoms with Crippen molar-refractivity contribution in [2.45, 2.75) is 13.8 Å². The molecule has 0 fully saturated rings. The normalized spacial score (nSPS) is 10.2. The second kappa shape index (κ2) is 5.97. The lowest BCUT2D eigenvalue weighted by Gasteiger charge is -2.10. The van der Waals surface area contributed by atoms with Gasteiger partial charge in [-0.1, -0.05) is 12.1 Å². The van der Waals surface area contributed by atoms with Crippen molar-refractivity contribution in [1.29, 1.82) is 0 Å². The van der Waals surface area contributed by atoms with Gasteiger partial charge in [-0.2, -0.15) is 0 Å². The molecule has 6 heteroatoms. The zero-order chi connectivity index (χ0) is 15.6. The first-order valence-electron chi connectivity index (χ1n) is 6.29. The van der Waals surface area contributed by atoms with Crippen LogP contribution in [0.15, 0.2) is 24.3 Å². The Morgan fingerprint density at radius 3 is 2.52 bits per heavy atom. The van der Waals surface area contributed by atoms with Gasteiger partial charge in [-0.15, -0.1) is 11.3 Å². The van der Waals surface area contributed by atoms with Gasteiger partial charge in [-0.25, -0.2) is 0 Å². The first-order valence-corrected chi connectivity index (χ1v) is 7.11. The molecular weight excluding hydrogens is 288 g/mol. The Labute approximate surface area is 126 Å². The summed E-state index contributed by atoms with van der Waals surface area (Å²) in [5.41, 5.74) is 7.39. The Kier molecular flexibility index (Phi) is 4.28. The van der Waals surface area contributed by atoms with Gasteiger partial charge in [-0.3, -0.25) is 9.59 Å². The molecular formula is C15H16N2O3S. The molecule has 3 N–H and O–H groups in total. The van der Waals surface area contributed by atoms with Crippen molar-refractivity contribution in [3.8, 4) is 5.75 Å². The molecule has 0 unspecified atom stereocenters. The van der Waals surface area contributed by atoms with Gasteiger partial charge in [0.05, 0.1) is 28.2 Å². The van der Waals surface area contributed by atoms with Crippen molar-refractivity contribution >= 4 is 33.7 Å². The van der Waals surface area contributed by atoms with Crippen LogP contribution in [0.4, 0.5) is 10.7 Å². The standard InChI is InChI=1S/C15H16N2O3S/c1-8-12(14(16)21-13(8)9(2)18)15(19)17-10-6-4-5-7-11(10)20-3/h4-7H,16H2,1-3H3,(H,17,19). The minimum atomic E-state index is -0.349. The number of thiophene rings is 1. The van der Waals surface area contributed by atoms with Crippen LogP contribution in [-0.2, 0) is 0 Å². The molecule has 5 nitrogen and oxygen atoms in total. The molecule has 0 saturated heterocycles. The number of nitrogen functional groups attached to an aromatic ring is 1. The molecule has 1 amide bonds. The summed E-state index contributed by atoms with van der Waals surface area (Å²) in [6.07, 6.45) is 0. The fourth-order valence-corrected chi connectivity index (χ4v) is 3.05. The summed E-state index contributed by atoms with van der Waals surface area (Å²) in [6.45, 7) is 3.18. The number of carbonyl (C=O) groups excluding carboxylic acids is 2. The fraction of sp³-hybridized carbons (Fsp3) is 0.200. The summed E-state index contributed by atoms with van der Waals surface area (Å²) in [6, 6.07) is 7.09. The number of Topliss-reactive ketones (excluding diaryl/α,β-unsaturated/α-hetero) is 1. The van der Waals surface area contributed by atoms with E-state index in [1.54, 1.807) is 25.1 Å². The number of hydrogen-bond acceptors (Lipinski definition) is 5. The average Bonchev–Trinajstić information content (AvgIpc) is 2.74. The molecule has 0 saturated carbocycles. The van der Waals surface area contributed by atoms with Crippen LogP contribution in [0.3, 0.4) is 0 Å². The summed E-state index contributed by atoms with van der Waals surface area (Å²) in [5.74, 6) is 0.114. The molecule has 1 aromatic heterocycles. The number of methoxy groups -OCH3 is 1. The third-order valence-corrected chi connectivity index (χ3v) is 4.30. The van der Waals surface area contributed by atoms with Crippen LogP contribution in [0.25, 0.3) is 0 Å². The maximum atomic E-state index is 12.4. The molecule has 2 rings (SSSR count). The molecule has 1 aromatic carbocycles. The number of nitrogens with one attached hydrogen (secondary N) is 1. The summed E-state index contributed by atoms with van der Waals surface area (Å²) in [7, 11) is 1.53. The SMILES string of the molecule is COc1ccccc1NC(=O)c1c(N)sc(C(C)=O)c1C. The quantitative estimate of drug-likeness (QED) is 0.850. The van der Waals surface area contributed by atoms with Gasteiger partial charge >= 0.3 is 0 Å². The molecule has 2 aromatic rings. The number of anilines is 2. The lowest BCUT2D eigenvalue weighted by atomic mass is 10.1. The highest BCUT2D eigenvalue weighted by molar-refractivity contribution is 7.18. The first kappa shape index (κ1) is 15.1. The van der Waals surface area contributed by atoms with E-state index in [0.29, 0.717) is 32.4 Å². The monoisotopic (exact) mass is 304 g/mol. The topological polar surface area (TPSA) is 81.4 Å². The second-order valence-corrected chi connectivity index (χ2v) is 5.56. The smallest absolute Gasteiger partial charge is 0.259 e. The maximum Gasteiger partial charge on any atom is 0.259 e. The molecule has 0 radical (unpaired) electrons. The van der Waals surface area contributed by atoms with E-state index in [4.69, 9.17) is 10.5 Å². The van der Waals surface area contributed by atoms with Crippen molar-refractivity contribution in [3.63, 3.8) is 0 Å². The number of ether oxygens (including phenoxy) is 1. The Morgan fingerprint density at radius 1 is 1.29 bits per heavy atom. The van der Waals surface area contributed by atoms with Gasteiger partial charge in [-0.05, 0) is 31.5 Å². The fourth-order valence-electron chi connectivity index (χ4n) is 2.09. The van der Waals surface area contributed by atoms with E-state index in [0.717, 1.165) is 11.3 Å². The van der Waals surface area contributed by atoms with Gasteiger partial charge in [0.1, 0.15) is 5.75 Å². The Balaban J connectivity index is 2.35. The van der Waals surface area contributed by atoms with Crippen LogP contribution in [0.2, 0.25) is 0 Å². The van der Waals surface area contributed by atoms with E-state index in [1.807, 2.05) is 6.07 Å². The van der Waals surface area contributed by atoms with Crippen LogP contribution in [0, 0.1) is 6.92 Å². The molecule has 0 aliphatic carbocycles. The first-order chi connectivity index (χ1) is 9.95. The number of hydrogen-bond donors (Lipinski definition) is 2. The highest BCUT2D eigenvalue weighted by Crippen LogP contribution is 2.32. The van der Waals surface area contributed by atoms with Crippen LogP contribution < -0.4 is 15.8 Å². The van der Waals surface area contributed by atoms with Crippen molar-refractivity contribution in [1.82, 2.24) is 0 Å². The van der Waals surface area contributed by atoms with Crippen LogP contribution in [0.5, 0.6) is 5.75 Å². The number of nitrogens with two attached hydrogens (primary N) is 1. The molecule has 0 aliphatic rings. The average molecular weight is 304 g/mol. The lowest BCUT2D eigenvalue weighted by molar-refractivity contribution is 0.102. The summed E-state index contributed by atoms with van der Waals surface area (Å²) in [4.78, 5) is 24.4. The predicted octanol–water partition coefficient (Wildman–Crippen LogP) is 3.10. The van der Waals surface area contributed by atoms with Gasteiger partial charge in [0.2, 0.25) is 0 Å². The second-order valence-electron chi connectivity index (χ2n) is 4.51. The lowest BCUT2D eigenvalue weighted by Crippen LogP contribution is -2.14. The van der Waals surface area contributed by atoms with E-state index in [1.165, 1.54) is 14.0 Å². The summed E-state index contributed by atoms with van der Waals surface area (Å²) >= 11 is 1.13. The number of ketones is 1. The molecule has 0 aliphatic heterocycles. The van der Waals surface area contributed by atoms with Crippen molar-refractivity contribution in [3.05, 3.63) is 40.3 Å². The Bertz CT molecular complexity index is 707. The van der Waals surface area contributed by atoms with Crippen molar-refractivity contribution < 1.29 is 14.3 Å². The minimum absolute atomic E-state index is 0.0967. The number of carbonyl (C=O) groups is 2. The number of benzene rings is 1. The molecule has 21 heavy (non-hydrogen) atoms. The predicted molar refractivity (Wildman–Crippen MR) is 84.4 cm³/mol. The zero-order valence-corrected chi connectivity index (χ0v) is 12.8. The van der Waals surface area contributed by atoms with E-state index >= 15 is 0 Å². The molecule has 0 bridgehead atoms. The van der Waals surface area contributed by atoms with Gasteiger partial charge < -0.3 is 15.8 Å².